The molecule has 0 saturated carbocycles. The molecule has 0 fully saturated rings. The van der Waals surface area contributed by atoms with E-state index in [4.69, 9.17) is 22.6 Å². The highest BCUT2D eigenvalue weighted by atomic mass is 35.5. The van der Waals surface area contributed by atoms with Gasteiger partial charge < -0.3 is 5.73 Å². The zero-order valence-electron chi connectivity index (χ0n) is 10.4. The first-order valence-electron chi connectivity index (χ1n) is 5.69. The molecule has 2 N–H and O–H groups in total. The lowest BCUT2D eigenvalue weighted by Gasteiger charge is -2.08. The second kappa shape index (κ2) is 5.53. The fourth-order valence-corrected chi connectivity index (χ4v) is 3.44. The van der Waals surface area contributed by atoms with Gasteiger partial charge in [0.05, 0.1) is 28.0 Å². The van der Waals surface area contributed by atoms with Crippen LogP contribution in [0.5, 0.6) is 0 Å². The van der Waals surface area contributed by atoms with Crippen molar-refractivity contribution in [1.82, 2.24) is 0 Å². The monoisotopic (exact) mass is 306 g/mol. The maximum absolute atomic E-state index is 12.3. The molecule has 2 aromatic carbocycles. The van der Waals surface area contributed by atoms with Crippen molar-refractivity contribution in [3.63, 3.8) is 0 Å². The number of hydrogen-bond donors (Lipinski definition) is 1. The summed E-state index contributed by atoms with van der Waals surface area (Å²) in [4.78, 5) is 0.0614. The largest absolute Gasteiger partial charge is 0.398 e. The maximum Gasteiger partial charge on any atom is 0.184 e. The molecule has 0 heterocycles. The van der Waals surface area contributed by atoms with Crippen molar-refractivity contribution in [3.05, 3.63) is 58.6 Å². The second-order valence-corrected chi connectivity index (χ2v) is 6.64. The van der Waals surface area contributed by atoms with Gasteiger partial charge in [-0.15, -0.1) is 0 Å². The van der Waals surface area contributed by atoms with Crippen molar-refractivity contribution >= 4 is 27.1 Å². The van der Waals surface area contributed by atoms with E-state index >= 15 is 0 Å². The molecular formula is C14H11ClN2O2S. The van der Waals surface area contributed by atoms with Crippen LogP contribution in [0.15, 0.2) is 47.4 Å². The Hall–Kier alpha value is -2.03. The van der Waals surface area contributed by atoms with E-state index in [2.05, 4.69) is 0 Å². The average molecular weight is 307 g/mol. The highest BCUT2D eigenvalue weighted by Crippen LogP contribution is 2.25. The van der Waals surface area contributed by atoms with Gasteiger partial charge in [-0.3, -0.25) is 0 Å². The summed E-state index contributed by atoms with van der Waals surface area (Å²) in [6.07, 6.45) is 0. The number of halogens is 1. The highest BCUT2D eigenvalue weighted by molar-refractivity contribution is 7.90. The molecule has 0 aromatic heterocycles. The van der Waals surface area contributed by atoms with Gasteiger partial charge in [-0.2, -0.15) is 5.26 Å². The first-order valence-corrected chi connectivity index (χ1v) is 7.72. The van der Waals surface area contributed by atoms with Gasteiger partial charge in [0.15, 0.2) is 9.84 Å². The maximum atomic E-state index is 12.3. The number of nitrogens with two attached hydrogens (primary N) is 1. The van der Waals surface area contributed by atoms with Crippen LogP contribution in [-0.4, -0.2) is 8.42 Å². The Kier molecular flexibility index (Phi) is 3.98. The number of nitrogen functional groups attached to an aromatic ring is 1. The second-order valence-electron chi connectivity index (χ2n) is 4.25. The number of sulfone groups is 1. The van der Waals surface area contributed by atoms with Crippen molar-refractivity contribution in [2.24, 2.45) is 0 Å². The van der Waals surface area contributed by atoms with Gasteiger partial charge in [0.1, 0.15) is 0 Å². The summed E-state index contributed by atoms with van der Waals surface area (Å²) in [6, 6.07) is 12.7. The molecule has 102 valence electrons. The van der Waals surface area contributed by atoms with Gasteiger partial charge in [-0.05, 0) is 35.9 Å². The quantitative estimate of drug-likeness (QED) is 0.884. The van der Waals surface area contributed by atoms with Gasteiger partial charge in [0.2, 0.25) is 0 Å². The summed E-state index contributed by atoms with van der Waals surface area (Å²) < 4.78 is 24.6. The number of nitrogens with zero attached hydrogens (tertiary/aromatic N) is 1. The molecule has 4 nitrogen and oxygen atoms in total. The molecule has 6 heteroatoms. The summed E-state index contributed by atoms with van der Waals surface area (Å²) in [5.41, 5.74) is 6.91. The van der Waals surface area contributed by atoms with Crippen molar-refractivity contribution in [2.45, 2.75) is 10.6 Å². The van der Waals surface area contributed by atoms with Gasteiger partial charge in [-0.25, -0.2) is 8.42 Å². The Bertz CT molecular complexity index is 778. The van der Waals surface area contributed by atoms with E-state index < -0.39 is 9.84 Å². The van der Waals surface area contributed by atoms with Crippen LogP contribution in [0.2, 0.25) is 5.02 Å². The zero-order valence-corrected chi connectivity index (χ0v) is 11.9. The van der Waals surface area contributed by atoms with E-state index in [-0.39, 0.29) is 16.3 Å². The van der Waals surface area contributed by atoms with Crippen LogP contribution in [0.3, 0.4) is 0 Å². The first-order chi connectivity index (χ1) is 9.42. The van der Waals surface area contributed by atoms with Crippen molar-refractivity contribution in [3.8, 4) is 6.07 Å². The van der Waals surface area contributed by atoms with Gasteiger partial charge in [-0.1, -0.05) is 23.7 Å². The molecule has 2 rings (SSSR count). The predicted octanol–water partition coefficient (Wildman–Crippen LogP) is 2.77. The smallest absolute Gasteiger partial charge is 0.184 e. The van der Waals surface area contributed by atoms with Crippen molar-refractivity contribution in [2.75, 3.05) is 5.73 Å². The van der Waals surface area contributed by atoms with E-state index in [0.717, 1.165) is 0 Å². The van der Waals surface area contributed by atoms with Crippen LogP contribution in [-0.2, 0) is 15.6 Å². The van der Waals surface area contributed by atoms with Crippen LogP contribution in [0.4, 0.5) is 5.69 Å². The number of anilines is 1. The minimum Gasteiger partial charge on any atom is -0.398 e. The van der Waals surface area contributed by atoms with Crippen LogP contribution in [0.25, 0.3) is 0 Å². The van der Waals surface area contributed by atoms with Crippen molar-refractivity contribution < 1.29 is 8.42 Å². The molecular weight excluding hydrogens is 296 g/mol. The lowest BCUT2D eigenvalue weighted by Crippen LogP contribution is -2.08. The molecule has 0 bridgehead atoms. The number of nitriles is 1. The van der Waals surface area contributed by atoms with Crippen LogP contribution in [0, 0.1) is 11.3 Å². The summed E-state index contributed by atoms with van der Waals surface area (Å²) >= 11 is 5.76. The van der Waals surface area contributed by atoms with E-state index in [1.165, 1.54) is 18.2 Å². The number of hydrogen-bond acceptors (Lipinski definition) is 4. The zero-order chi connectivity index (χ0) is 14.8. The lowest BCUT2D eigenvalue weighted by molar-refractivity contribution is 0.595. The molecule has 0 saturated heterocycles. The summed E-state index contributed by atoms with van der Waals surface area (Å²) in [7, 11) is -3.55. The van der Waals surface area contributed by atoms with Gasteiger partial charge >= 0.3 is 0 Å². The Morgan fingerprint density at radius 3 is 2.35 bits per heavy atom. The van der Waals surface area contributed by atoms with E-state index in [9.17, 15) is 8.42 Å². The third-order valence-corrected chi connectivity index (χ3v) is 4.74. The molecule has 2 aromatic rings. The van der Waals surface area contributed by atoms with Gasteiger partial charge in [0, 0.05) is 5.02 Å². The molecule has 0 amide bonds. The van der Waals surface area contributed by atoms with E-state index in [1.807, 2.05) is 6.07 Å². The minimum atomic E-state index is -3.55. The summed E-state index contributed by atoms with van der Waals surface area (Å²) in [5, 5.41) is 9.09. The topological polar surface area (TPSA) is 84.0 Å². The minimum absolute atomic E-state index is 0.0614. The highest BCUT2D eigenvalue weighted by Gasteiger charge is 2.18. The summed E-state index contributed by atoms with van der Waals surface area (Å²) in [6.45, 7) is 0. The molecule has 0 aliphatic carbocycles. The molecule has 0 aliphatic rings. The van der Waals surface area contributed by atoms with Crippen molar-refractivity contribution in [1.29, 1.82) is 5.26 Å². The van der Waals surface area contributed by atoms with Crippen LogP contribution >= 0.6 is 11.6 Å². The first kappa shape index (κ1) is 14.4. The van der Waals surface area contributed by atoms with Gasteiger partial charge in [0.25, 0.3) is 0 Å². The van der Waals surface area contributed by atoms with E-state index in [0.29, 0.717) is 16.1 Å². The molecule has 0 spiro atoms. The number of rotatable bonds is 3. The SMILES string of the molecule is N#Cc1ccc(CS(=O)(=O)c2ccc(Cl)cc2N)cc1. The molecule has 0 aliphatic heterocycles. The molecule has 20 heavy (non-hydrogen) atoms. The molecule has 0 radical (unpaired) electrons. The third kappa shape index (κ3) is 3.10. The molecule has 0 unspecified atom stereocenters. The normalized spacial score (nSPS) is 11.0. The molecule has 0 atom stereocenters. The Morgan fingerprint density at radius 2 is 1.80 bits per heavy atom. The lowest BCUT2D eigenvalue weighted by atomic mass is 10.2. The Balaban J connectivity index is 2.33. The fraction of sp³-hybridized carbons (Fsp3) is 0.0714. The summed E-state index contributed by atoms with van der Waals surface area (Å²) in [5.74, 6) is -0.176. The standard InChI is InChI=1S/C14H11ClN2O2S/c15-12-5-6-14(13(17)7-12)20(18,19)9-11-3-1-10(8-16)2-4-11/h1-7H,9,17H2. The fourth-order valence-electron chi connectivity index (χ4n) is 1.78. The van der Waals surface area contributed by atoms with Crippen LogP contribution in [0.1, 0.15) is 11.1 Å². The van der Waals surface area contributed by atoms with E-state index in [1.54, 1.807) is 24.3 Å². The number of benzene rings is 2. The van der Waals surface area contributed by atoms with Crippen LogP contribution < -0.4 is 5.73 Å². The average Bonchev–Trinajstić information content (AvgIpc) is 2.38. The Morgan fingerprint density at radius 1 is 1.15 bits per heavy atom. The Labute approximate surface area is 122 Å². The predicted molar refractivity (Wildman–Crippen MR) is 77.9 cm³/mol. The third-order valence-electron chi connectivity index (χ3n) is 2.75.